The van der Waals surface area contributed by atoms with Crippen molar-refractivity contribution in [3.8, 4) is 0 Å². The summed E-state index contributed by atoms with van der Waals surface area (Å²) in [6.45, 7) is 4.44. The van der Waals surface area contributed by atoms with Crippen molar-refractivity contribution in [2.75, 3.05) is 13.2 Å². The first-order valence-corrected chi connectivity index (χ1v) is 7.11. The lowest BCUT2D eigenvalue weighted by Crippen LogP contribution is -2.31. The quantitative estimate of drug-likeness (QED) is 0.398. The van der Waals surface area contributed by atoms with E-state index >= 15 is 0 Å². The van der Waals surface area contributed by atoms with Crippen LogP contribution < -0.4 is 0 Å². The lowest BCUT2D eigenvalue weighted by Gasteiger charge is -2.19. The van der Waals surface area contributed by atoms with Crippen molar-refractivity contribution < 1.29 is 22.6 Å². The van der Waals surface area contributed by atoms with Crippen LogP contribution in [0.3, 0.4) is 0 Å². The van der Waals surface area contributed by atoms with E-state index < -0.39 is 27.0 Å². The molecular formula is C8H16ClF3O2Si. The third kappa shape index (κ3) is 7.16. The van der Waals surface area contributed by atoms with Crippen LogP contribution in [0.15, 0.2) is 0 Å². The fourth-order valence-electron chi connectivity index (χ4n) is 1.03. The summed E-state index contributed by atoms with van der Waals surface area (Å²) in [5, 5.41) is -1.77. The maximum absolute atomic E-state index is 12.1. The maximum atomic E-state index is 12.1. The molecule has 0 aromatic rings. The normalized spacial score (nSPS) is 15.4. The van der Waals surface area contributed by atoms with E-state index in [2.05, 4.69) is 0 Å². The molecule has 0 radical (unpaired) electrons. The average Bonchev–Trinajstić information content (AvgIpc) is 2.12. The largest absolute Gasteiger partial charge is 0.404 e. The van der Waals surface area contributed by atoms with Gasteiger partial charge in [-0.15, -0.1) is 11.6 Å². The standard InChI is InChI=1S/C8H16ClF3O2Si/c1-3-13-7(14-4-2)15-5-6(9)8(10,11)12/h6-7H,3-5,15H2,1-2H3. The smallest absolute Gasteiger partial charge is 0.357 e. The predicted molar refractivity (Wildman–Crippen MR) is 56.1 cm³/mol. The summed E-state index contributed by atoms with van der Waals surface area (Å²) in [7, 11) is -1.12. The Bertz CT molecular complexity index is 162. The summed E-state index contributed by atoms with van der Waals surface area (Å²) >= 11 is 5.20. The van der Waals surface area contributed by atoms with Crippen molar-refractivity contribution in [1.29, 1.82) is 0 Å². The number of hydrogen-bond acceptors (Lipinski definition) is 2. The van der Waals surface area contributed by atoms with Crippen LogP contribution in [0, 0.1) is 0 Å². The van der Waals surface area contributed by atoms with Gasteiger partial charge in [-0.1, -0.05) is 0 Å². The van der Waals surface area contributed by atoms with E-state index in [9.17, 15) is 13.2 Å². The van der Waals surface area contributed by atoms with Crippen LogP contribution in [0.25, 0.3) is 0 Å². The zero-order chi connectivity index (χ0) is 11.9. The summed E-state index contributed by atoms with van der Waals surface area (Å²) in [5.74, 6) is -0.455. The van der Waals surface area contributed by atoms with Crippen LogP contribution in [-0.4, -0.2) is 40.2 Å². The zero-order valence-electron chi connectivity index (χ0n) is 8.81. The second-order valence-corrected chi connectivity index (χ2v) is 5.27. The van der Waals surface area contributed by atoms with Crippen molar-refractivity contribution in [2.24, 2.45) is 0 Å². The van der Waals surface area contributed by atoms with E-state index in [1.165, 1.54) is 0 Å². The Kier molecular flexibility index (Phi) is 7.59. The fourth-order valence-corrected chi connectivity index (χ4v) is 3.11. The van der Waals surface area contributed by atoms with Gasteiger partial charge in [-0.2, -0.15) is 13.2 Å². The minimum Gasteiger partial charge on any atom is -0.357 e. The van der Waals surface area contributed by atoms with Crippen LogP contribution in [0.2, 0.25) is 6.04 Å². The minimum absolute atomic E-state index is 0.0598. The lowest BCUT2D eigenvalue weighted by atomic mass is 10.5. The van der Waals surface area contributed by atoms with E-state index in [0.29, 0.717) is 13.2 Å². The Morgan fingerprint density at radius 2 is 1.67 bits per heavy atom. The number of alkyl halides is 4. The summed E-state index contributed by atoms with van der Waals surface area (Å²) in [6, 6.07) is -0.0598. The molecule has 1 unspecified atom stereocenters. The Balaban J connectivity index is 3.87. The third-order valence-corrected chi connectivity index (χ3v) is 4.40. The number of rotatable bonds is 7. The van der Waals surface area contributed by atoms with Gasteiger partial charge < -0.3 is 9.47 Å². The number of ether oxygens (including phenoxy) is 2. The summed E-state index contributed by atoms with van der Waals surface area (Å²) in [5.41, 5.74) is 0. The molecule has 7 heteroatoms. The summed E-state index contributed by atoms with van der Waals surface area (Å²) in [6.07, 6.45) is -4.32. The highest BCUT2D eigenvalue weighted by Gasteiger charge is 2.38. The van der Waals surface area contributed by atoms with Crippen molar-refractivity contribution in [3.63, 3.8) is 0 Å². The molecule has 0 aliphatic rings. The molecule has 92 valence electrons. The van der Waals surface area contributed by atoms with Gasteiger partial charge in [-0.25, -0.2) is 0 Å². The molecule has 0 spiro atoms. The third-order valence-electron chi connectivity index (χ3n) is 1.72. The topological polar surface area (TPSA) is 18.5 Å². The SMILES string of the molecule is CCOC(OCC)[SiH2]CC(Cl)C(F)(F)F. The van der Waals surface area contributed by atoms with Gasteiger partial charge in [-0.05, 0) is 19.9 Å². The molecule has 0 aliphatic heterocycles. The summed E-state index contributed by atoms with van der Waals surface area (Å²) in [4.78, 5) is 0. The molecule has 2 nitrogen and oxygen atoms in total. The number of hydrogen-bond donors (Lipinski definition) is 0. The zero-order valence-corrected chi connectivity index (χ0v) is 11.0. The van der Waals surface area contributed by atoms with E-state index in [1.54, 1.807) is 13.8 Å². The number of halogens is 4. The second-order valence-electron chi connectivity index (χ2n) is 2.93. The molecule has 15 heavy (non-hydrogen) atoms. The van der Waals surface area contributed by atoms with Gasteiger partial charge in [0.05, 0.1) is 9.52 Å². The second kappa shape index (κ2) is 7.48. The molecule has 0 aliphatic carbocycles. The Morgan fingerprint density at radius 1 is 1.20 bits per heavy atom. The molecule has 1 atom stereocenters. The Labute approximate surface area is 94.9 Å². The molecule has 0 aromatic heterocycles. The van der Waals surface area contributed by atoms with E-state index in [-0.39, 0.29) is 6.04 Å². The van der Waals surface area contributed by atoms with Gasteiger partial charge in [0, 0.05) is 13.2 Å². The highest BCUT2D eigenvalue weighted by Crippen LogP contribution is 2.27. The molecule has 0 saturated heterocycles. The minimum atomic E-state index is -4.32. The molecular weight excluding hydrogens is 249 g/mol. The maximum Gasteiger partial charge on any atom is 0.404 e. The summed E-state index contributed by atoms with van der Waals surface area (Å²) < 4.78 is 46.6. The average molecular weight is 265 g/mol. The van der Waals surface area contributed by atoms with Gasteiger partial charge in [-0.3, -0.25) is 0 Å². The van der Waals surface area contributed by atoms with E-state index in [1.807, 2.05) is 0 Å². The van der Waals surface area contributed by atoms with Crippen molar-refractivity contribution in [1.82, 2.24) is 0 Å². The first kappa shape index (κ1) is 15.2. The molecule has 0 rings (SSSR count). The predicted octanol–water partition coefficient (Wildman–Crippen LogP) is 2.10. The highest BCUT2D eigenvalue weighted by molar-refractivity contribution is 6.39. The van der Waals surface area contributed by atoms with Crippen molar-refractivity contribution >= 4 is 21.1 Å². The van der Waals surface area contributed by atoms with Crippen LogP contribution in [0.4, 0.5) is 13.2 Å². The molecule has 0 saturated carbocycles. The van der Waals surface area contributed by atoms with Gasteiger partial charge in [0.1, 0.15) is 11.3 Å². The van der Waals surface area contributed by atoms with E-state index in [4.69, 9.17) is 21.1 Å². The van der Waals surface area contributed by atoms with Crippen LogP contribution in [-0.2, 0) is 9.47 Å². The van der Waals surface area contributed by atoms with Crippen LogP contribution in [0.1, 0.15) is 13.8 Å². The molecule has 0 N–H and O–H groups in total. The molecule has 0 amide bonds. The monoisotopic (exact) mass is 264 g/mol. The first-order valence-electron chi connectivity index (χ1n) is 4.85. The Hall–Kier alpha value is 0.217. The van der Waals surface area contributed by atoms with Gasteiger partial charge in [0.15, 0.2) is 0 Å². The highest BCUT2D eigenvalue weighted by atomic mass is 35.5. The van der Waals surface area contributed by atoms with Gasteiger partial charge in [0.2, 0.25) is 0 Å². The lowest BCUT2D eigenvalue weighted by molar-refractivity contribution is -0.127. The van der Waals surface area contributed by atoms with Gasteiger partial charge >= 0.3 is 6.18 Å². The van der Waals surface area contributed by atoms with Crippen molar-refractivity contribution in [2.45, 2.75) is 37.4 Å². The van der Waals surface area contributed by atoms with E-state index in [0.717, 1.165) is 0 Å². The molecule has 0 heterocycles. The Morgan fingerprint density at radius 3 is 2.00 bits per heavy atom. The van der Waals surface area contributed by atoms with Crippen molar-refractivity contribution in [3.05, 3.63) is 0 Å². The fraction of sp³-hybridized carbons (Fsp3) is 1.00. The van der Waals surface area contributed by atoms with Crippen LogP contribution >= 0.6 is 11.6 Å². The molecule has 0 bridgehead atoms. The van der Waals surface area contributed by atoms with Gasteiger partial charge in [0.25, 0.3) is 0 Å². The van der Waals surface area contributed by atoms with Crippen LogP contribution in [0.5, 0.6) is 0 Å². The molecule has 0 aromatic carbocycles. The first-order chi connectivity index (χ1) is 6.91. The molecule has 0 fully saturated rings.